The fraction of sp³-hybridized carbons (Fsp3) is 0.158. The third-order valence-corrected chi connectivity index (χ3v) is 4.23. The minimum atomic E-state index is -0.992. The second-order valence-corrected chi connectivity index (χ2v) is 6.48. The second-order valence-electron chi connectivity index (χ2n) is 5.64. The molecule has 2 aromatic carbocycles. The van der Waals surface area contributed by atoms with Gasteiger partial charge in [-0.3, -0.25) is 4.79 Å². The molecule has 0 unspecified atom stereocenters. The Morgan fingerprint density at radius 2 is 1.93 bits per heavy atom. The number of carbonyl (C=O) groups is 2. The van der Waals surface area contributed by atoms with Crippen LogP contribution in [-0.2, 0) is 14.3 Å². The minimum absolute atomic E-state index is 0.144. The zero-order valence-corrected chi connectivity index (χ0v) is 15.7. The van der Waals surface area contributed by atoms with E-state index in [0.29, 0.717) is 32.8 Å². The van der Waals surface area contributed by atoms with Gasteiger partial charge in [0.05, 0.1) is 0 Å². The van der Waals surface area contributed by atoms with E-state index < -0.39 is 18.0 Å². The highest BCUT2D eigenvalue weighted by molar-refractivity contribution is 6.35. The van der Waals surface area contributed by atoms with E-state index in [1.165, 1.54) is 19.1 Å². The van der Waals surface area contributed by atoms with Crippen molar-refractivity contribution in [2.24, 2.45) is 0 Å². The summed E-state index contributed by atoms with van der Waals surface area (Å²) in [7, 11) is 0. The molecule has 1 amide bonds. The van der Waals surface area contributed by atoms with E-state index in [9.17, 15) is 9.59 Å². The van der Waals surface area contributed by atoms with Crippen LogP contribution in [0.4, 0.5) is 5.69 Å². The van der Waals surface area contributed by atoms with Gasteiger partial charge in [0, 0.05) is 27.9 Å². The van der Waals surface area contributed by atoms with Crippen molar-refractivity contribution in [3.63, 3.8) is 0 Å². The van der Waals surface area contributed by atoms with Crippen molar-refractivity contribution in [2.45, 2.75) is 13.0 Å². The fourth-order valence-corrected chi connectivity index (χ4v) is 2.75. The van der Waals surface area contributed by atoms with Crippen molar-refractivity contribution in [1.82, 2.24) is 0 Å². The monoisotopic (exact) mass is 407 g/mol. The Balaban J connectivity index is 1.55. The molecule has 1 aliphatic rings. The Bertz CT molecular complexity index is 913. The van der Waals surface area contributed by atoms with Crippen LogP contribution in [0.1, 0.15) is 12.5 Å². The van der Waals surface area contributed by atoms with Crippen molar-refractivity contribution in [3.05, 3.63) is 58.1 Å². The number of hydrogen-bond donors (Lipinski definition) is 1. The van der Waals surface area contributed by atoms with Gasteiger partial charge < -0.3 is 19.5 Å². The molecule has 0 aliphatic carbocycles. The summed E-state index contributed by atoms with van der Waals surface area (Å²) in [5, 5.41) is 3.55. The average Bonchev–Trinajstić information content (AvgIpc) is 3.08. The Labute approximate surface area is 165 Å². The summed E-state index contributed by atoms with van der Waals surface area (Å²) < 4.78 is 15.6. The predicted octanol–water partition coefficient (Wildman–Crippen LogP) is 4.31. The zero-order valence-electron chi connectivity index (χ0n) is 14.2. The van der Waals surface area contributed by atoms with E-state index >= 15 is 0 Å². The summed E-state index contributed by atoms with van der Waals surface area (Å²) in [5.74, 6) is 0.00758. The van der Waals surface area contributed by atoms with E-state index in [4.69, 9.17) is 37.4 Å². The van der Waals surface area contributed by atoms with Crippen LogP contribution in [0.15, 0.2) is 42.5 Å². The number of amides is 1. The second kappa shape index (κ2) is 8.33. The number of hydrogen-bond acceptors (Lipinski definition) is 5. The number of carbonyl (C=O) groups excluding carboxylic acids is 2. The van der Waals surface area contributed by atoms with E-state index in [1.54, 1.807) is 36.4 Å². The first-order chi connectivity index (χ1) is 12.9. The number of ether oxygens (including phenoxy) is 3. The van der Waals surface area contributed by atoms with Crippen LogP contribution >= 0.6 is 23.2 Å². The zero-order chi connectivity index (χ0) is 19.4. The van der Waals surface area contributed by atoms with Crippen molar-refractivity contribution >= 4 is 46.8 Å². The van der Waals surface area contributed by atoms with Crippen molar-refractivity contribution < 1.29 is 23.8 Å². The lowest BCUT2D eigenvalue weighted by Crippen LogP contribution is -2.29. The Morgan fingerprint density at radius 3 is 2.70 bits per heavy atom. The van der Waals surface area contributed by atoms with Crippen LogP contribution in [0.5, 0.6) is 11.5 Å². The highest BCUT2D eigenvalue weighted by Crippen LogP contribution is 2.34. The first kappa shape index (κ1) is 19.1. The van der Waals surface area contributed by atoms with Gasteiger partial charge in [0.15, 0.2) is 17.6 Å². The molecule has 1 heterocycles. The van der Waals surface area contributed by atoms with Crippen LogP contribution in [0.25, 0.3) is 6.08 Å². The molecule has 1 atom stereocenters. The number of benzene rings is 2. The molecule has 0 radical (unpaired) electrons. The highest BCUT2D eigenvalue weighted by atomic mass is 35.5. The molecule has 0 spiro atoms. The van der Waals surface area contributed by atoms with Gasteiger partial charge in [-0.25, -0.2) is 4.79 Å². The van der Waals surface area contributed by atoms with Crippen molar-refractivity contribution in [1.29, 1.82) is 0 Å². The Kier molecular flexibility index (Phi) is 5.88. The molecular weight excluding hydrogens is 393 g/mol. The molecule has 0 saturated heterocycles. The molecule has 27 heavy (non-hydrogen) atoms. The highest BCUT2D eigenvalue weighted by Gasteiger charge is 2.19. The molecule has 6 nitrogen and oxygen atoms in total. The van der Waals surface area contributed by atoms with Crippen LogP contribution < -0.4 is 14.8 Å². The first-order valence-electron chi connectivity index (χ1n) is 7.96. The summed E-state index contributed by atoms with van der Waals surface area (Å²) in [5.41, 5.74) is 1.12. The van der Waals surface area contributed by atoms with E-state index in [-0.39, 0.29) is 6.79 Å². The smallest absolute Gasteiger partial charge is 0.331 e. The molecule has 0 saturated carbocycles. The third kappa shape index (κ3) is 4.93. The lowest BCUT2D eigenvalue weighted by molar-refractivity contribution is -0.148. The lowest BCUT2D eigenvalue weighted by Gasteiger charge is -2.12. The average molecular weight is 408 g/mol. The number of halogens is 2. The van der Waals surface area contributed by atoms with Gasteiger partial charge in [-0.05, 0) is 42.8 Å². The van der Waals surface area contributed by atoms with Crippen LogP contribution in [0.3, 0.4) is 0 Å². The van der Waals surface area contributed by atoms with Gasteiger partial charge in [-0.2, -0.15) is 0 Å². The van der Waals surface area contributed by atoms with E-state index in [0.717, 1.165) is 0 Å². The third-order valence-electron chi connectivity index (χ3n) is 3.66. The summed E-state index contributed by atoms with van der Waals surface area (Å²) in [4.78, 5) is 24.1. The van der Waals surface area contributed by atoms with Gasteiger partial charge in [-0.15, -0.1) is 0 Å². The summed E-state index contributed by atoms with van der Waals surface area (Å²) in [6, 6.07) is 9.88. The largest absolute Gasteiger partial charge is 0.454 e. The molecule has 0 aromatic heterocycles. The SMILES string of the molecule is C[C@@H](OC(=O)/C=C/c1ccc(Cl)cc1Cl)C(=O)Nc1ccc2c(c1)OCO2. The molecule has 1 N–H and O–H groups in total. The van der Waals surface area contributed by atoms with Gasteiger partial charge in [0.1, 0.15) is 0 Å². The maximum absolute atomic E-state index is 12.2. The first-order valence-corrected chi connectivity index (χ1v) is 8.72. The normalized spacial score (nSPS) is 13.4. The Morgan fingerprint density at radius 1 is 1.15 bits per heavy atom. The van der Waals surface area contributed by atoms with Gasteiger partial charge in [-0.1, -0.05) is 29.3 Å². The number of esters is 1. The summed E-state index contributed by atoms with van der Waals surface area (Å²) in [6.07, 6.45) is 1.69. The standard InChI is InChI=1S/C19H15Cl2NO5/c1-11(19(24)22-14-5-6-16-17(9-14)26-10-25-16)27-18(23)7-3-12-2-4-13(20)8-15(12)21/h2-9,11H,10H2,1H3,(H,22,24)/b7-3+/t11-/m1/s1. The summed E-state index contributed by atoms with van der Waals surface area (Å²) in [6.45, 7) is 1.62. The van der Waals surface area contributed by atoms with Gasteiger partial charge in [0.2, 0.25) is 6.79 Å². The number of nitrogens with one attached hydrogen (secondary N) is 1. The van der Waals surface area contributed by atoms with E-state index in [2.05, 4.69) is 5.32 Å². The fourth-order valence-electron chi connectivity index (χ4n) is 2.28. The molecule has 8 heteroatoms. The van der Waals surface area contributed by atoms with Crippen LogP contribution in [-0.4, -0.2) is 24.8 Å². The van der Waals surface area contributed by atoms with E-state index in [1.807, 2.05) is 0 Å². The van der Waals surface area contributed by atoms with Gasteiger partial charge >= 0.3 is 5.97 Å². The number of rotatable bonds is 5. The topological polar surface area (TPSA) is 73.9 Å². The van der Waals surface area contributed by atoms with Crippen molar-refractivity contribution in [2.75, 3.05) is 12.1 Å². The molecule has 3 rings (SSSR count). The molecular formula is C19H15Cl2NO5. The quantitative estimate of drug-likeness (QED) is 0.590. The lowest BCUT2D eigenvalue weighted by atomic mass is 10.2. The summed E-state index contributed by atoms with van der Waals surface area (Å²) >= 11 is 11.9. The molecule has 0 fully saturated rings. The molecule has 2 aromatic rings. The Hall–Kier alpha value is -2.70. The van der Waals surface area contributed by atoms with Crippen LogP contribution in [0, 0.1) is 0 Å². The maximum atomic E-state index is 12.2. The number of fused-ring (bicyclic) bond motifs is 1. The molecule has 0 bridgehead atoms. The molecule has 1 aliphatic heterocycles. The van der Waals surface area contributed by atoms with Crippen molar-refractivity contribution in [3.8, 4) is 11.5 Å². The molecule has 140 valence electrons. The minimum Gasteiger partial charge on any atom is -0.454 e. The predicted molar refractivity (Wildman–Crippen MR) is 102 cm³/mol. The van der Waals surface area contributed by atoms with Gasteiger partial charge in [0.25, 0.3) is 5.91 Å². The maximum Gasteiger partial charge on any atom is 0.331 e. The number of anilines is 1. The van der Waals surface area contributed by atoms with Crippen LogP contribution in [0.2, 0.25) is 10.0 Å².